The van der Waals surface area contributed by atoms with Gasteiger partial charge in [0.25, 0.3) is 5.91 Å². The van der Waals surface area contributed by atoms with Crippen molar-refractivity contribution in [3.05, 3.63) is 34.9 Å². The Hall–Kier alpha value is -2.29. The Morgan fingerprint density at radius 1 is 1.16 bits per heavy atom. The van der Waals surface area contributed by atoms with Crippen LogP contribution in [-0.2, 0) is 27.4 Å². The fraction of sp³-hybridized carbons (Fsp3) is 0.625. The van der Waals surface area contributed by atoms with E-state index in [2.05, 4.69) is 16.0 Å². The van der Waals surface area contributed by atoms with Gasteiger partial charge in [-0.25, -0.2) is 0 Å². The molecule has 3 N–H and O–H groups in total. The highest BCUT2D eigenvalue weighted by molar-refractivity contribution is 6.05. The van der Waals surface area contributed by atoms with Gasteiger partial charge in [-0.1, -0.05) is 18.2 Å². The first-order chi connectivity index (χ1) is 15.6. The Labute approximate surface area is 188 Å². The summed E-state index contributed by atoms with van der Waals surface area (Å²) in [7, 11) is 0. The largest absolute Gasteiger partial charge is 0.381 e. The van der Waals surface area contributed by atoms with Crippen LogP contribution in [0.25, 0.3) is 0 Å². The molecule has 0 radical (unpaired) electrons. The maximum atomic E-state index is 13.3. The number of carbonyl (C=O) groups excluding carboxylic acids is 3. The zero-order valence-corrected chi connectivity index (χ0v) is 18.5. The van der Waals surface area contributed by atoms with Crippen LogP contribution < -0.4 is 16.0 Å². The van der Waals surface area contributed by atoms with Crippen LogP contribution >= 0.6 is 0 Å². The number of nitrogens with zero attached hydrogens (tertiary/aromatic N) is 1. The summed E-state index contributed by atoms with van der Waals surface area (Å²) in [5, 5.41) is 9.54. The lowest BCUT2D eigenvalue weighted by molar-refractivity contribution is -0.136. The molecule has 1 spiro atoms. The van der Waals surface area contributed by atoms with Gasteiger partial charge in [-0.2, -0.15) is 0 Å². The summed E-state index contributed by atoms with van der Waals surface area (Å²) in [6, 6.07) is 5.38. The van der Waals surface area contributed by atoms with Crippen molar-refractivity contribution in [1.29, 1.82) is 0 Å². The zero-order valence-electron chi connectivity index (χ0n) is 18.5. The van der Waals surface area contributed by atoms with E-state index in [1.807, 2.05) is 18.2 Å². The average molecular weight is 441 g/mol. The van der Waals surface area contributed by atoms with E-state index in [1.165, 1.54) is 6.42 Å². The molecule has 2 atom stereocenters. The number of carbonyl (C=O) groups is 3. The number of amides is 3. The summed E-state index contributed by atoms with van der Waals surface area (Å²) >= 11 is 0. The molecule has 4 aliphatic rings. The Bertz CT molecular complexity index is 903. The fourth-order valence-corrected chi connectivity index (χ4v) is 5.98. The van der Waals surface area contributed by atoms with Crippen molar-refractivity contribution in [2.75, 3.05) is 32.8 Å². The fourth-order valence-electron chi connectivity index (χ4n) is 5.98. The van der Waals surface area contributed by atoms with Gasteiger partial charge in [0, 0.05) is 44.8 Å². The molecule has 32 heavy (non-hydrogen) atoms. The summed E-state index contributed by atoms with van der Waals surface area (Å²) in [5.41, 5.74) is 3.01. The third-order valence-corrected chi connectivity index (χ3v) is 7.89. The number of nitrogens with one attached hydrogen (secondary N) is 3. The molecule has 0 saturated carbocycles. The highest BCUT2D eigenvalue weighted by Gasteiger charge is 2.42. The Morgan fingerprint density at radius 2 is 2.00 bits per heavy atom. The molecule has 0 aliphatic carbocycles. The predicted molar refractivity (Wildman–Crippen MR) is 118 cm³/mol. The molecular weight excluding hydrogens is 408 g/mol. The van der Waals surface area contributed by atoms with Gasteiger partial charge in [0.1, 0.15) is 6.04 Å². The average Bonchev–Trinajstić information content (AvgIpc) is 3.13. The third-order valence-electron chi connectivity index (χ3n) is 7.89. The Balaban J connectivity index is 1.25. The van der Waals surface area contributed by atoms with Crippen LogP contribution in [0.2, 0.25) is 0 Å². The van der Waals surface area contributed by atoms with Crippen molar-refractivity contribution in [1.82, 2.24) is 20.9 Å². The highest BCUT2D eigenvalue weighted by Crippen LogP contribution is 2.42. The lowest BCUT2D eigenvalue weighted by Gasteiger charge is -2.47. The number of benzene rings is 1. The minimum absolute atomic E-state index is 0.105. The number of hydrogen-bond acceptors (Lipinski definition) is 6. The molecule has 172 valence electrons. The molecule has 0 bridgehead atoms. The van der Waals surface area contributed by atoms with Gasteiger partial charge in [0.05, 0.1) is 0 Å². The van der Waals surface area contributed by atoms with Crippen LogP contribution in [0.4, 0.5) is 0 Å². The molecule has 4 heterocycles. The van der Waals surface area contributed by atoms with Crippen molar-refractivity contribution in [3.63, 3.8) is 0 Å². The molecule has 4 aliphatic heterocycles. The quantitative estimate of drug-likeness (QED) is 0.590. The van der Waals surface area contributed by atoms with E-state index >= 15 is 0 Å². The Kier molecular flexibility index (Phi) is 6.01. The van der Waals surface area contributed by atoms with Crippen LogP contribution in [0, 0.1) is 11.3 Å². The zero-order chi connectivity index (χ0) is 22.1. The van der Waals surface area contributed by atoms with Crippen LogP contribution in [0.1, 0.15) is 53.6 Å². The van der Waals surface area contributed by atoms with Crippen LogP contribution in [0.5, 0.6) is 0 Å². The second-order valence-electron chi connectivity index (χ2n) is 9.61. The molecule has 0 aromatic heterocycles. The van der Waals surface area contributed by atoms with E-state index < -0.39 is 6.04 Å². The van der Waals surface area contributed by atoms with Gasteiger partial charge in [-0.15, -0.1) is 0 Å². The van der Waals surface area contributed by atoms with Gasteiger partial charge in [0.15, 0.2) is 0 Å². The minimum Gasteiger partial charge on any atom is -0.381 e. The second-order valence-corrected chi connectivity index (χ2v) is 9.61. The molecular formula is C24H32N4O4. The first-order valence-corrected chi connectivity index (χ1v) is 11.8. The van der Waals surface area contributed by atoms with E-state index in [1.54, 1.807) is 4.90 Å². The van der Waals surface area contributed by atoms with Crippen molar-refractivity contribution in [2.45, 2.75) is 51.2 Å². The van der Waals surface area contributed by atoms with Gasteiger partial charge in [-0.05, 0) is 61.2 Å². The lowest BCUT2D eigenvalue weighted by atomic mass is 9.66. The molecule has 1 aromatic rings. The molecule has 5 rings (SSSR count). The van der Waals surface area contributed by atoms with Gasteiger partial charge in [0.2, 0.25) is 11.8 Å². The molecule has 8 heteroatoms. The third kappa shape index (κ3) is 3.95. The molecule has 3 saturated heterocycles. The number of piperidine rings is 2. The number of rotatable bonds is 5. The molecule has 3 fully saturated rings. The van der Waals surface area contributed by atoms with Gasteiger partial charge in [-0.3, -0.25) is 19.7 Å². The second kappa shape index (κ2) is 8.92. The summed E-state index contributed by atoms with van der Waals surface area (Å²) in [6.07, 6.45) is 4.11. The predicted octanol–water partition coefficient (Wildman–Crippen LogP) is 0.944. The maximum absolute atomic E-state index is 13.3. The number of hydrogen-bond donors (Lipinski definition) is 3. The summed E-state index contributed by atoms with van der Waals surface area (Å²) in [5.74, 6) is -0.187. The minimum atomic E-state index is -0.574. The molecule has 3 amide bonds. The van der Waals surface area contributed by atoms with Crippen LogP contribution in [0.3, 0.4) is 0 Å². The van der Waals surface area contributed by atoms with E-state index in [4.69, 9.17) is 4.74 Å². The number of imide groups is 1. The standard InChI is InChI=1S/C24H32N4O4/c29-20-5-4-19(22(30)27-20)28-15-17-3-1-2-16(21(17)23(28)31)12-26-14-18-13-25-9-6-24(18)7-10-32-11-8-24/h1-3,18-19,25-26H,4-15H2,(H,27,29,30). The highest BCUT2D eigenvalue weighted by atomic mass is 16.5. The van der Waals surface area contributed by atoms with Crippen molar-refractivity contribution in [2.24, 2.45) is 11.3 Å². The SMILES string of the molecule is O=C1CCC(N2Cc3cccc(CNCC4CNCCC45CCOCC5)c3C2=O)C(=O)N1. The van der Waals surface area contributed by atoms with Gasteiger partial charge >= 0.3 is 0 Å². The van der Waals surface area contributed by atoms with Gasteiger partial charge < -0.3 is 20.3 Å². The van der Waals surface area contributed by atoms with E-state index in [9.17, 15) is 14.4 Å². The summed E-state index contributed by atoms with van der Waals surface area (Å²) < 4.78 is 5.62. The van der Waals surface area contributed by atoms with Crippen molar-refractivity contribution >= 4 is 17.7 Å². The molecule has 2 unspecified atom stereocenters. The molecule has 1 aromatic carbocycles. The van der Waals surface area contributed by atoms with E-state index in [0.717, 1.165) is 56.8 Å². The van der Waals surface area contributed by atoms with Crippen molar-refractivity contribution < 1.29 is 19.1 Å². The first-order valence-electron chi connectivity index (χ1n) is 11.8. The molecule has 8 nitrogen and oxygen atoms in total. The van der Waals surface area contributed by atoms with E-state index in [0.29, 0.717) is 36.4 Å². The monoisotopic (exact) mass is 440 g/mol. The number of ether oxygens (including phenoxy) is 1. The van der Waals surface area contributed by atoms with E-state index in [-0.39, 0.29) is 24.1 Å². The normalized spacial score (nSPS) is 27.5. The number of fused-ring (bicyclic) bond motifs is 1. The smallest absolute Gasteiger partial charge is 0.255 e. The first kappa shape index (κ1) is 21.6. The maximum Gasteiger partial charge on any atom is 0.255 e. The summed E-state index contributed by atoms with van der Waals surface area (Å²) in [4.78, 5) is 38.7. The van der Waals surface area contributed by atoms with Crippen molar-refractivity contribution in [3.8, 4) is 0 Å². The van der Waals surface area contributed by atoms with Crippen LogP contribution in [-0.4, -0.2) is 61.5 Å². The Morgan fingerprint density at radius 3 is 2.81 bits per heavy atom. The van der Waals surface area contributed by atoms with Crippen LogP contribution in [0.15, 0.2) is 18.2 Å². The lowest BCUT2D eigenvalue weighted by Crippen LogP contribution is -2.52. The summed E-state index contributed by atoms with van der Waals surface area (Å²) in [6.45, 7) is 5.75. The topological polar surface area (TPSA) is 99.8 Å².